The van der Waals surface area contributed by atoms with Gasteiger partial charge in [0.25, 0.3) is 0 Å². The maximum atomic E-state index is 6.73. The summed E-state index contributed by atoms with van der Waals surface area (Å²) in [6, 6.07) is 65.9. The van der Waals surface area contributed by atoms with Gasteiger partial charge in [0, 0.05) is 21.9 Å². The molecule has 0 spiro atoms. The third-order valence-corrected chi connectivity index (χ3v) is 10.7. The third kappa shape index (κ3) is 5.26. The Kier molecular flexibility index (Phi) is 7.14. The number of benzene rings is 9. The minimum absolute atomic E-state index is 0.571. The Labute approximate surface area is 317 Å². The standard InChI is InChI=1S/C51H31N3O/c1-3-13-32(14-4-1)49-52-50(33-15-5-2-6-16-33)54-51(53-49)45-24-12-23-44-43-28-26-37(31-47(43)55-48(44)45)35-18-11-17-34(29-35)36-25-27-42-40-21-8-7-19-38(40)39-20-9-10-22-41(39)46(42)30-36/h1-31H. The van der Waals surface area contributed by atoms with Crippen molar-refractivity contribution in [3.05, 3.63) is 188 Å². The maximum absolute atomic E-state index is 6.73. The lowest BCUT2D eigenvalue weighted by molar-refractivity contribution is 0.669. The van der Waals surface area contributed by atoms with Crippen LogP contribution in [0.15, 0.2) is 192 Å². The summed E-state index contributed by atoms with van der Waals surface area (Å²) in [4.78, 5) is 14.9. The quantitative estimate of drug-likeness (QED) is 0.168. The van der Waals surface area contributed by atoms with Gasteiger partial charge < -0.3 is 4.42 Å². The molecule has 2 heterocycles. The van der Waals surface area contributed by atoms with Crippen LogP contribution < -0.4 is 0 Å². The van der Waals surface area contributed by atoms with Crippen molar-refractivity contribution in [2.75, 3.05) is 0 Å². The number of rotatable bonds is 5. The fraction of sp³-hybridized carbons (Fsp3) is 0. The Hall–Kier alpha value is -7.43. The minimum atomic E-state index is 0.571. The Morgan fingerprint density at radius 2 is 0.709 bits per heavy atom. The van der Waals surface area contributed by atoms with E-state index in [0.717, 1.165) is 49.8 Å². The van der Waals surface area contributed by atoms with E-state index in [1.165, 1.54) is 43.4 Å². The van der Waals surface area contributed by atoms with E-state index in [2.05, 4.69) is 115 Å². The van der Waals surface area contributed by atoms with Crippen LogP contribution in [0, 0.1) is 0 Å². The Morgan fingerprint density at radius 3 is 1.33 bits per heavy atom. The first kappa shape index (κ1) is 31.1. The maximum Gasteiger partial charge on any atom is 0.167 e. The second kappa shape index (κ2) is 12.6. The number of nitrogens with zero attached hydrogens (tertiary/aromatic N) is 3. The molecule has 9 aromatic carbocycles. The number of furan rings is 1. The Morgan fingerprint density at radius 1 is 0.273 bits per heavy atom. The van der Waals surface area contributed by atoms with Gasteiger partial charge in [0.15, 0.2) is 17.5 Å². The third-order valence-electron chi connectivity index (χ3n) is 10.7. The molecule has 0 radical (unpaired) electrons. The lowest BCUT2D eigenvalue weighted by atomic mass is 9.91. The van der Waals surface area contributed by atoms with Crippen LogP contribution in [0.1, 0.15) is 0 Å². The molecule has 0 fully saturated rings. The molecule has 0 aliphatic heterocycles. The lowest BCUT2D eigenvalue weighted by Gasteiger charge is -2.12. The fourth-order valence-electron chi connectivity index (χ4n) is 8.05. The monoisotopic (exact) mass is 701 g/mol. The summed E-state index contributed by atoms with van der Waals surface area (Å²) >= 11 is 0. The van der Waals surface area contributed by atoms with E-state index < -0.39 is 0 Å². The number of aromatic nitrogens is 3. The molecule has 0 aliphatic carbocycles. The minimum Gasteiger partial charge on any atom is -0.455 e. The summed E-state index contributed by atoms with van der Waals surface area (Å²) in [6.45, 7) is 0. The molecule has 0 bridgehead atoms. The van der Waals surface area contributed by atoms with E-state index in [-0.39, 0.29) is 0 Å². The van der Waals surface area contributed by atoms with E-state index in [1.54, 1.807) is 0 Å². The second-order valence-corrected chi connectivity index (χ2v) is 14.0. The zero-order valence-corrected chi connectivity index (χ0v) is 29.6. The van der Waals surface area contributed by atoms with Gasteiger partial charge in [0.05, 0.1) is 5.56 Å². The smallest absolute Gasteiger partial charge is 0.167 e. The molecule has 256 valence electrons. The van der Waals surface area contributed by atoms with Crippen LogP contribution in [0.3, 0.4) is 0 Å². The summed E-state index contributed by atoms with van der Waals surface area (Å²) in [5.41, 5.74) is 8.82. The molecule has 0 amide bonds. The van der Waals surface area contributed by atoms with Gasteiger partial charge in [0.1, 0.15) is 11.2 Å². The topological polar surface area (TPSA) is 51.8 Å². The van der Waals surface area contributed by atoms with Gasteiger partial charge >= 0.3 is 0 Å². The van der Waals surface area contributed by atoms with E-state index >= 15 is 0 Å². The normalized spacial score (nSPS) is 11.6. The predicted octanol–water partition coefficient (Wildman–Crippen LogP) is 13.6. The number of fused-ring (bicyclic) bond motifs is 9. The largest absolute Gasteiger partial charge is 0.455 e. The van der Waals surface area contributed by atoms with Crippen molar-refractivity contribution in [1.82, 2.24) is 15.0 Å². The highest BCUT2D eigenvalue weighted by Crippen LogP contribution is 2.40. The molecule has 4 nitrogen and oxygen atoms in total. The molecular weight excluding hydrogens is 671 g/mol. The molecule has 0 saturated carbocycles. The summed E-state index contributed by atoms with van der Waals surface area (Å²) in [5, 5.41) is 9.72. The Balaban J connectivity index is 1.01. The average molecular weight is 702 g/mol. The van der Waals surface area contributed by atoms with Crippen LogP contribution in [-0.4, -0.2) is 15.0 Å². The highest BCUT2D eigenvalue weighted by Gasteiger charge is 2.18. The van der Waals surface area contributed by atoms with Crippen molar-refractivity contribution in [2.24, 2.45) is 0 Å². The fourth-order valence-corrected chi connectivity index (χ4v) is 8.05. The van der Waals surface area contributed by atoms with E-state index in [4.69, 9.17) is 19.4 Å². The van der Waals surface area contributed by atoms with Gasteiger partial charge in [-0.3, -0.25) is 0 Å². The van der Waals surface area contributed by atoms with Crippen molar-refractivity contribution < 1.29 is 4.42 Å². The van der Waals surface area contributed by atoms with Crippen molar-refractivity contribution in [3.63, 3.8) is 0 Å². The van der Waals surface area contributed by atoms with Crippen LogP contribution >= 0.6 is 0 Å². The van der Waals surface area contributed by atoms with E-state index in [9.17, 15) is 0 Å². The summed E-state index contributed by atoms with van der Waals surface area (Å²) in [6.07, 6.45) is 0. The van der Waals surface area contributed by atoms with Gasteiger partial charge in [0.2, 0.25) is 0 Å². The SMILES string of the molecule is c1ccc(-c2nc(-c3ccccc3)nc(-c3cccc4c3oc3cc(-c5cccc(-c6ccc7c8ccccc8c8ccccc8c7c6)c5)ccc34)n2)cc1. The molecule has 2 aromatic heterocycles. The zero-order chi connectivity index (χ0) is 36.3. The zero-order valence-electron chi connectivity index (χ0n) is 29.6. The Bertz CT molecular complexity index is 3170. The molecular formula is C51H31N3O. The molecule has 11 rings (SSSR count). The van der Waals surface area contributed by atoms with Gasteiger partial charge in [-0.15, -0.1) is 0 Å². The van der Waals surface area contributed by atoms with Crippen LogP contribution in [0.25, 0.3) is 111 Å². The average Bonchev–Trinajstić information content (AvgIpc) is 3.65. The first-order chi connectivity index (χ1) is 27.2. The molecule has 0 saturated heterocycles. The van der Waals surface area contributed by atoms with Crippen LogP contribution in [0.5, 0.6) is 0 Å². The molecule has 0 aliphatic rings. The number of hydrogen-bond acceptors (Lipinski definition) is 4. The molecule has 0 atom stereocenters. The van der Waals surface area contributed by atoms with Crippen LogP contribution in [0.4, 0.5) is 0 Å². The van der Waals surface area contributed by atoms with E-state index in [0.29, 0.717) is 17.5 Å². The molecule has 0 unspecified atom stereocenters. The first-order valence-electron chi connectivity index (χ1n) is 18.5. The van der Waals surface area contributed by atoms with Gasteiger partial charge in [-0.1, -0.05) is 158 Å². The van der Waals surface area contributed by atoms with Crippen LogP contribution in [0.2, 0.25) is 0 Å². The predicted molar refractivity (Wildman–Crippen MR) is 227 cm³/mol. The highest BCUT2D eigenvalue weighted by atomic mass is 16.3. The van der Waals surface area contributed by atoms with Crippen molar-refractivity contribution in [3.8, 4) is 56.4 Å². The summed E-state index contributed by atoms with van der Waals surface area (Å²) < 4.78 is 6.73. The number of hydrogen-bond donors (Lipinski definition) is 0. The van der Waals surface area contributed by atoms with Crippen molar-refractivity contribution >= 4 is 54.3 Å². The van der Waals surface area contributed by atoms with Gasteiger partial charge in [-0.2, -0.15) is 0 Å². The number of para-hydroxylation sites is 1. The summed E-state index contributed by atoms with van der Waals surface area (Å²) in [7, 11) is 0. The van der Waals surface area contributed by atoms with Gasteiger partial charge in [-0.25, -0.2) is 15.0 Å². The lowest BCUT2D eigenvalue weighted by Crippen LogP contribution is -2.00. The molecule has 11 aromatic rings. The van der Waals surface area contributed by atoms with Crippen molar-refractivity contribution in [1.29, 1.82) is 0 Å². The van der Waals surface area contributed by atoms with E-state index in [1.807, 2.05) is 72.8 Å². The van der Waals surface area contributed by atoms with Gasteiger partial charge in [-0.05, 0) is 84.9 Å². The first-order valence-corrected chi connectivity index (χ1v) is 18.5. The molecule has 55 heavy (non-hydrogen) atoms. The van der Waals surface area contributed by atoms with Crippen molar-refractivity contribution in [2.45, 2.75) is 0 Å². The molecule has 4 heteroatoms. The second-order valence-electron chi connectivity index (χ2n) is 14.0. The highest BCUT2D eigenvalue weighted by molar-refractivity contribution is 6.25. The summed E-state index contributed by atoms with van der Waals surface area (Å²) in [5.74, 6) is 1.81. The van der Waals surface area contributed by atoms with Crippen LogP contribution in [-0.2, 0) is 0 Å². The molecule has 0 N–H and O–H groups in total.